The molecule has 0 N–H and O–H groups in total. The van der Waals surface area contributed by atoms with Crippen LogP contribution < -0.4 is 0 Å². The van der Waals surface area contributed by atoms with Crippen molar-refractivity contribution >= 4 is 0 Å². The quantitative estimate of drug-likeness (QED) is 0.618. The Balaban J connectivity index is 1.35. The molecule has 1 aliphatic rings. The molecule has 0 amide bonds. The van der Waals surface area contributed by atoms with Crippen molar-refractivity contribution in [3.8, 4) is 0 Å². The molecule has 2 rings (SSSR count). The highest BCUT2D eigenvalue weighted by molar-refractivity contribution is 5.13. The number of hydrogen-bond donors (Lipinski definition) is 0. The summed E-state index contributed by atoms with van der Waals surface area (Å²) >= 11 is 0. The van der Waals surface area contributed by atoms with Crippen LogP contribution in [0.1, 0.15) is 24.8 Å². The fourth-order valence-electron chi connectivity index (χ4n) is 2.06. The monoisotopic (exact) mass is 280 g/mol. The van der Waals surface area contributed by atoms with Crippen LogP contribution in [-0.4, -0.2) is 39.3 Å². The zero-order valence-electron chi connectivity index (χ0n) is 12.0. The average molecular weight is 280 g/mol. The van der Waals surface area contributed by atoms with Crippen molar-refractivity contribution in [3.05, 3.63) is 35.9 Å². The van der Waals surface area contributed by atoms with E-state index in [9.17, 15) is 0 Å². The normalized spacial score (nSPS) is 15.8. The molecule has 20 heavy (non-hydrogen) atoms. The second-order valence-corrected chi connectivity index (χ2v) is 4.82. The summed E-state index contributed by atoms with van der Waals surface area (Å²) in [5, 5.41) is 0. The minimum absolute atomic E-state index is 0.00666. The van der Waals surface area contributed by atoms with Crippen LogP contribution in [-0.2, 0) is 25.6 Å². The maximum absolute atomic E-state index is 5.59. The summed E-state index contributed by atoms with van der Waals surface area (Å²) < 4.78 is 21.9. The Morgan fingerprint density at radius 1 is 0.900 bits per heavy atom. The summed E-state index contributed by atoms with van der Waals surface area (Å²) in [7, 11) is 0. The van der Waals surface area contributed by atoms with Crippen molar-refractivity contribution in [3.63, 3.8) is 0 Å². The second kappa shape index (κ2) is 9.88. The van der Waals surface area contributed by atoms with Crippen molar-refractivity contribution in [2.24, 2.45) is 0 Å². The van der Waals surface area contributed by atoms with Gasteiger partial charge in [0.15, 0.2) is 6.29 Å². The number of rotatable bonds is 10. The maximum atomic E-state index is 5.59. The van der Waals surface area contributed by atoms with Crippen molar-refractivity contribution in [2.45, 2.75) is 32.2 Å². The third-order valence-corrected chi connectivity index (χ3v) is 3.11. The molecule has 1 fully saturated rings. The van der Waals surface area contributed by atoms with Crippen LogP contribution in [0.25, 0.3) is 0 Å². The molecule has 1 aromatic rings. The van der Waals surface area contributed by atoms with Crippen LogP contribution in [0.2, 0.25) is 0 Å². The van der Waals surface area contributed by atoms with Gasteiger partial charge in [-0.05, 0) is 18.4 Å². The molecular weight excluding hydrogens is 256 g/mol. The van der Waals surface area contributed by atoms with E-state index in [0.29, 0.717) is 6.61 Å². The highest BCUT2D eigenvalue weighted by atomic mass is 16.7. The van der Waals surface area contributed by atoms with E-state index in [4.69, 9.17) is 18.9 Å². The minimum Gasteiger partial charge on any atom is -0.381 e. The Bertz CT molecular complexity index is 336. The minimum atomic E-state index is -0.00666. The molecule has 0 radical (unpaired) electrons. The molecule has 0 saturated carbocycles. The van der Waals surface area contributed by atoms with Crippen molar-refractivity contribution in [1.82, 2.24) is 0 Å². The molecule has 1 aliphatic heterocycles. The van der Waals surface area contributed by atoms with Gasteiger partial charge in [-0.15, -0.1) is 0 Å². The Kier molecular flexibility index (Phi) is 7.64. The molecule has 1 heterocycles. The molecule has 0 spiro atoms. The first-order valence-electron chi connectivity index (χ1n) is 7.38. The van der Waals surface area contributed by atoms with E-state index in [1.165, 1.54) is 5.56 Å². The lowest BCUT2D eigenvalue weighted by Crippen LogP contribution is -2.09. The van der Waals surface area contributed by atoms with Gasteiger partial charge < -0.3 is 18.9 Å². The molecule has 0 aromatic heterocycles. The third kappa shape index (κ3) is 6.48. The van der Waals surface area contributed by atoms with Crippen LogP contribution >= 0.6 is 0 Å². The molecule has 4 nitrogen and oxygen atoms in total. The van der Waals surface area contributed by atoms with Gasteiger partial charge in [0.2, 0.25) is 0 Å². The smallest absolute Gasteiger partial charge is 0.157 e. The van der Waals surface area contributed by atoms with E-state index in [1.54, 1.807) is 0 Å². The van der Waals surface area contributed by atoms with Crippen molar-refractivity contribution in [2.75, 3.05) is 33.0 Å². The largest absolute Gasteiger partial charge is 0.381 e. The van der Waals surface area contributed by atoms with Crippen LogP contribution in [0.5, 0.6) is 0 Å². The highest BCUT2D eigenvalue weighted by Crippen LogP contribution is 2.09. The van der Waals surface area contributed by atoms with Crippen LogP contribution in [0.3, 0.4) is 0 Å². The van der Waals surface area contributed by atoms with Gasteiger partial charge in [0.05, 0.1) is 19.8 Å². The van der Waals surface area contributed by atoms with Gasteiger partial charge in [0, 0.05) is 26.2 Å². The van der Waals surface area contributed by atoms with E-state index in [-0.39, 0.29) is 6.29 Å². The van der Waals surface area contributed by atoms with Crippen molar-refractivity contribution in [1.29, 1.82) is 0 Å². The summed E-state index contributed by atoms with van der Waals surface area (Å²) in [5.41, 5.74) is 1.21. The first-order chi connectivity index (χ1) is 9.95. The van der Waals surface area contributed by atoms with Crippen LogP contribution in [0, 0.1) is 0 Å². The SMILES string of the molecule is c1ccc(COCCCOCCCC2OCCO2)cc1. The fourth-order valence-corrected chi connectivity index (χ4v) is 2.06. The van der Waals surface area contributed by atoms with Gasteiger partial charge in [0.1, 0.15) is 0 Å². The zero-order valence-corrected chi connectivity index (χ0v) is 12.0. The molecule has 0 aliphatic carbocycles. The van der Waals surface area contributed by atoms with E-state index >= 15 is 0 Å². The predicted octanol–water partition coefficient (Wildman–Crippen LogP) is 2.76. The first kappa shape index (κ1) is 15.4. The summed E-state index contributed by atoms with van der Waals surface area (Å²) in [6.45, 7) is 4.39. The summed E-state index contributed by atoms with van der Waals surface area (Å²) in [5.74, 6) is 0. The standard InChI is InChI=1S/C16H24O4/c1-2-6-15(7-3-1)14-18-11-5-10-17-9-4-8-16-19-12-13-20-16/h1-3,6-7,16H,4-5,8-14H2. The molecule has 0 bridgehead atoms. The van der Waals surface area contributed by atoms with Gasteiger partial charge in [-0.3, -0.25) is 0 Å². The Morgan fingerprint density at radius 3 is 2.40 bits per heavy atom. The summed E-state index contributed by atoms with van der Waals surface area (Å²) in [6, 6.07) is 10.2. The number of hydrogen-bond acceptors (Lipinski definition) is 4. The molecule has 0 atom stereocenters. The predicted molar refractivity (Wildman–Crippen MR) is 76.5 cm³/mol. The Labute approximate surface area is 121 Å². The number of ether oxygens (including phenoxy) is 4. The Hall–Kier alpha value is -0.940. The molecule has 4 heteroatoms. The van der Waals surface area contributed by atoms with Gasteiger partial charge in [-0.2, -0.15) is 0 Å². The summed E-state index contributed by atoms with van der Waals surface area (Å²) in [4.78, 5) is 0. The lowest BCUT2D eigenvalue weighted by molar-refractivity contribution is -0.0519. The topological polar surface area (TPSA) is 36.9 Å². The highest BCUT2D eigenvalue weighted by Gasteiger charge is 2.14. The molecular formula is C16H24O4. The first-order valence-corrected chi connectivity index (χ1v) is 7.38. The van der Waals surface area contributed by atoms with E-state index in [1.807, 2.05) is 18.2 Å². The number of benzene rings is 1. The van der Waals surface area contributed by atoms with Crippen molar-refractivity contribution < 1.29 is 18.9 Å². The fraction of sp³-hybridized carbons (Fsp3) is 0.625. The summed E-state index contributed by atoms with van der Waals surface area (Å²) in [6.07, 6.45) is 2.83. The second-order valence-electron chi connectivity index (χ2n) is 4.82. The van der Waals surface area contributed by atoms with E-state index in [2.05, 4.69) is 12.1 Å². The molecule has 112 valence electrons. The molecule has 0 unspecified atom stereocenters. The molecule has 1 aromatic carbocycles. The van der Waals surface area contributed by atoms with Gasteiger partial charge >= 0.3 is 0 Å². The maximum Gasteiger partial charge on any atom is 0.157 e. The van der Waals surface area contributed by atoms with E-state index in [0.717, 1.165) is 52.3 Å². The van der Waals surface area contributed by atoms with Gasteiger partial charge in [-0.1, -0.05) is 30.3 Å². The lowest BCUT2D eigenvalue weighted by Gasteiger charge is -2.09. The lowest BCUT2D eigenvalue weighted by atomic mass is 10.2. The Morgan fingerprint density at radius 2 is 1.60 bits per heavy atom. The van der Waals surface area contributed by atoms with Gasteiger partial charge in [0.25, 0.3) is 0 Å². The zero-order chi connectivity index (χ0) is 13.9. The van der Waals surface area contributed by atoms with Crippen LogP contribution in [0.4, 0.5) is 0 Å². The average Bonchev–Trinajstić information content (AvgIpc) is 3.00. The third-order valence-electron chi connectivity index (χ3n) is 3.11. The van der Waals surface area contributed by atoms with Gasteiger partial charge in [-0.25, -0.2) is 0 Å². The van der Waals surface area contributed by atoms with Crippen LogP contribution in [0.15, 0.2) is 30.3 Å². The van der Waals surface area contributed by atoms with E-state index < -0.39 is 0 Å². The molecule has 1 saturated heterocycles.